The van der Waals surface area contributed by atoms with E-state index in [9.17, 15) is 14.7 Å². The van der Waals surface area contributed by atoms with Gasteiger partial charge in [0.2, 0.25) is 0 Å². The third kappa shape index (κ3) is 3.97. The lowest BCUT2D eigenvalue weighted by Gasteiger charge is -2.28. The summed E-state index contributed by atoms with van der Waals surface area (Å²) < 4.78 is 5.08. The van der Waals surface area contributed by atoms with Gasteiger partial charge in [-0.15, -0.1) is 0 Å². The lowest BCUT2D eigenvalue weighted by atomic mass is 9.84. The number of methoxy groups -OCH3 is 1. The highest BCUT2D eigenvalue weighted by atomic mass is 16.5. The summed E-state index contributed by atoms with van der Waals surface area (Å²) in [7, 11) is 1.53. The molecule has 2 N–H and O–H groups in total. The molecule has 2 rings (SSSR count). The molecule has 0 heterocycles. The number of hydrogen-bond acceptors (Lipinski definition) is 3. The van der Waals surface area contributed by atoms with Crippen LogP contribution < -0.4 is 10.1 Å². The molecule has 1 aromatic rings. The van der Waals surface area contributed by atoms with Crippen molar-refractivity contribution in [1.82, 2.24) is 5.32 Å². The molecule has 1 fully saturated rings. The fourth-order valence-corrected chi connectivity index (χ4v) is 2.84. The Morgan fingerprint density at radius 3 is 2.62 bits per heavy atom. The van der Waals surface area contributed by atoms with Gasteiger partial charge in [0, 0.05) is 5.56 Å². The van der Waals surface area contributed by atoms with Crippen LogP contribution in [0.15, 0.2) is 24.3 Å². The topological polar surface area (TPSA) is 75.6 Å². The van der Waals surface area contributed by atoms with E-state index in [-0.39, 0.29) is 11.8 Å². The molecular formula is C16H21NO4. The Labute approximate surface area is 124 Å². The Morgan fingerprint density at radius 2 is 2.00 bits per heavy atom. The third-order valence-corrected chi connectivity index (χ3v) is 4.01. The van der Waals surface area contributed by atoms with Crippen LogP contribution in [0, 0.1) is 5.92 Å². The van der Waals surface area contributed by atoms with Gasteiger partial charge in [-0.2, -0.15) is 0 Å². The van der Waals surface area contributed by atoms with Crippen LogP contribution in [0.1, 0.15) is 42.5 Å². The molecule has 114 valence electrons. The highest BCUT2D eigenvalue weighted by Gasteiger charge is 2.30. The van der Waals surface area contributed by atoms with Gasteiger partial charge in [0.15, 0.2) is 0 Å². The summed E-state index contributed by atoms with van der Waals surface area (Å²) in [4.78, 5) is 23.7. The first kappa shape index (κ1) is 15.4. The molecule has 21 heavy (non-hydrogen) atoms. The minimum atomic E-state index is -0.960. The molecule has 0 spiro atoms. The second-order valence-electron chi connectivity index (χ2n) is 5.42. The lowest BCUT2D eigenvalue weighted by Crippen LogP contribution is -2.46. The van der Waals surface area contributed by atoms with Crippen LogP contribution in [0.5, 0.6) is 5.75 Å². The van der Waals surface area contributed by atoms with Crippen LogP contribution in [0.4, 0.5) is 0 Å². The number of aliphatic carboxylic acids is 1. The Hall–Kier alpha value is -2.04. The summed E-state index contributed by atoms with van der Waals surface area (Å²) in [6.45, 7) is 0. The normalized spacial score (nSPS) is 17.0. The van der Waals surface area contributed by atoms with Gasteiger partial charge in [0.05, 0.1) is 7.11 Å². The predicted octanol–water partition coefficient (Wildman–Crippen LogP) is 2.46. The molecule has 0 radical (unpaired) electrons. The van der Waals surface area contributed by atoms with Gasteiger partial charge in [0.25, 0.3) is 5.91 Å². The molecule has 1 unspecified atom stereocenters. The molecule has 1 aromatic carbocycles. The van der Waals surface area contributed by atoms with Crippen molar-refractivity contribution in [3.63, 3.8) is 0 Å². The number of carboxylic acids is 1. The van der Waals surface area contributed by atoms with Crippen molar-refractivity contribution < 1.29 is 19.4 Å². The van der Waals surface area contributed by atoms with E-state index in [0.717, 1.165) is 32.1 Å². The van der Waals surface area contributed by atoms with Gasteiger partial charge in [-0.05, 0) is 37.0 Å². The van der Waals surface area contributed by atoms with Crippen molar-refractivity contribution in [2.45, 2.75) is 38.1 Å². The second-order valence-corrected chi connectivity index (χ2v) is 5.42. The van der Waals surface area contributed by atoms with Gasteiger partial charge in [0.1, 0.15) is 11.8 Å². The van der Waals surface area contributed by atoms with Crippen LogP contribution in [0.2, 0.25) is 0 Å². The van der Waals surface area contributed by atoms with E-state index >= 15 is 0 Å². The van der Waals surface area contributed by atoms with E-state index in [1.807, 2.05) is 0 Å². The zero-order valence-corrected chi connectivity index (χ0v) is 12.2. The number of amides is 1. The molecule has 0 bridgehead atoms. The molecular weight excluding hydrogens is 270 g/mol. The highest BCUT2D eigenvalue weighted by Crippen LogP contribution is 2.27. The maximum atomic E-state index is 12.2. The van der Waals surface area contributed by atoms with Gasteiger partial charge in [-0.3, -0.25) is 4.79 Å². The third-order valence-electron chi connectivity index (χ3n) is 4.01. The van der Waals surface area contributed by atoms with Gasteiger partial charge in [-0.1, -0.05) is 25.3 Å². The van der Waals surface area contributed by atoms with Crippen molar-refractivity contribution in [2.75, 3.05) is 7.11 Å². The Balaban J connectivity index is 2.08. The van der Waals surface area contributed by atoms with Crippen LogP contribution in [0.3, 0.4) is 0 Å². The van der Waals surface area contributed by atoms with Crippen molar-refractivity contribution in [1.29, 1.82) is 0 Å². The van der Waals surface area contributed by atoms with Crippen LogP contribution >= 0.6 is 0 Å². The number of hydrogen-bond donors (Lipinski definition) is 2. The van der Waals surface area contributed by atoms with Crippen molar-refractivity contribution in [2.24, 2.45) is 5.92 Å². The van der Waals surface area contributed by atoms with Gasteiger partial charge < -0.3 is 15.2 Å². The molecule has 1 saturated carbocycles. The van der Waals surface area contributed by atoms with Crippen molar-refractivity contribution in [3.05, 3.63) is 29.8 Å². The number of nitrogens with one attached hydrogen (secondary N) is 1. The molecule has 1 amide bonds. The standard InChI is InChI=1S/C16H21NO4/c1-21-13-9-5-8-12(10-13)15(18)17-14(16(19)20)11-6-3-2-4-7-11/h5,8-11,14H,2-4,6-7H2,1H3,(H,17,18)(H,19,20). The average molecular weight is 291 g/mol. The summed E-state index contributed by atoms with van der Waals surface area (Å²) in [6, 6.07) is 5.90. The van der Waals surface area contributed by atoms with E-state index in [1.54, 1.807) is 24.3 Å². The second kappa shape index (κ2) is 7.11. The number of benzene rings is 1. The number of rotatable bonds is 5. The summed E-state index contributed by atoms with van der Waals surface area (Å²) in [5, 5.41) is 12.0. The molecule has 5 nitrogen and oxygen atoms in total. The minimum absolute atomic E-state index is 0.0193. The monoisotopic (exact) mass is 291 g/mol. The largest absolute Gasteiger partial charge is 0.497 e. The lowest BCUT2D eigenvalue weighted by molar-refractivity contribution is -0.141. The molecule has 1 aliphatic carbocycles. The van der Waals surface area contributed by atoms with Gasteiger partial charge >= 0.3 is 5.97 Å². The first-order valence-electron chi connectivity index (χ1n) is 7.29. The quantitative estimate of drug-likeness (QED) is 0.873. The molecule has 1 atom stereocenters. The summed E-state index contributed by atoms with van der Waals surface area (Å²) >= 11 is 0. The van der Waals surface area contributed by atoms with Crippen LogP contribution in [-0.4, -0.2) is 30.1 Å². The van der Waals surface area contributed by atoms with E-state index in [1.165, 1.54) is 7.11 Å². The number of carboxylic acid groups (broad SMARTS) is 1. The zero-order valence-electron chi connectivity index (χ0n) is 12.2. The molecule has 5 heteroatoms. The summed E-state index contributed by atoms with van der Waals surface area (Å²) in [6.07, 6.45) is 4.92. The van der Waals surface area contributed by atoms with Gasteiger partial charge in [-0.25, -0.2) is 4.79 Å². The molecule has 0 aliphatic heterocycles. The smallest absolute Gasteiger partial charge is 0.326 e. The fourth-order valence-electron chi connectivity index (χ4n) is 2.84. The first-order valence-corrected chi connectivity index (χ1v) is 7.29. The maximum Gasteiger partial charge on any atom is 0.326 e. The average Bonchev–Trinajstić information content (AvgIpc) is 2.53. The van der Waals surface area contributed by atoms with E-state index in [2.05, 4.69) is 5.32 Å². The Morgan fingerprint density at radius 1 is 1.29 bits per heavy atom. The number of carbonyl (C=O) groups excluding carboxylic acids is 1. The molecule has 0 aromatic heterocycles. The van der Waals surface area contributed by atoms with E-state index < -0.39 is 12.0 Å². The van der Waals surface area contributed by atoms with Crippen LogP contribution in [0.25, 0.3) is 0 Å². The molecule has 1 aliphatic rings. The maximum absolute atomic E-state index is 12.2. The highest BCUT2D eigenvalue weighted by molar-refractivity contribution is 5.97. The fraction of sp³-hybridized carbons (Fsp3) is 0.500. The van der Waals surface area contributed by atoms with Crippen LogP contribution in [-0.2, 0) is 4.79 Å². The molecule has 0 saturated heterocycles. The number of ether oxygens (including phenoxy) is 1. The van der Waals surface area contributed by atoms with Crippen molar-refractivity contribution >= 4 is 11.9 Å². The van der Waals surface area contributed by atoms with E-state index in [4.69, 9.17) is 4.74 Å². The Kier molecular flexibility index (Phi) is 5.20. The minimum Gasteiger partial charge on any atom is -0.497 e. The first-order chi connectivity index (χ1) is 10.1. The number of carbonyl (C=O) groups is 2. The summed E-state index contributed by atoms with van der Waals surface area (Å²) in [5.41, 5.74) is 0.413. The SMILES string of the molecule is COc1cccc(C(=O)NC(C(=O)O)C2CCCCC2)c1. The summed E-state index contributed by atoms with van der Waals surface area (Å²) in [5.74, 6) is -0.733. The predicted molar refractivity (Wildman–Crippen MR) is 78.5 cm³/mol. The van der Waals surface area contributed by atoms with Crippen molar-refractivity contribution in [3.8, 4) is 5.75 Å². The van der Waals surface area contributed by atoms with E-state index in [0.29, 0.717) is 11.3 Å². The Bertz CT molecular complexity index is 509. The zero-order chi connectivity index (χ0) is 15.2.